The number of likely N-dealkylation sites (tertiary alicyclic amines) is 2. The Hall–Kier alpha value is -1.66. The number of nitrogens with zero attached hydrogens (tertiary/aromatic N) is 3. The zero-order valence-corrected chi connectivity index (χ0v) is 17.6. The highest BCUT2D eigenvalue weighted by atomic mass is 16.3. The number of aryl methyl sites for hydroxylation is 1. The van der Waals surface area contributed by atoms with Gasteiger partial charge >= 0.3 is 0 Å². The lowest BCUT2D eigenvalue weighted by Crippen LogP contribution is -2.54. The van der Waals surface area contributed by atoms with Gasteiger partial charge in [0.15, 0.2) is 0 Å². The fraction of sp³-hybridized carbons (Fsp3) is 0.727. The smallest absolute Gasteiger partial charge is 0.222 e. The molecule has 1 atom stereocenters. The summed E-state index contributed by atoms with van der Waals surface area (Å²) in [6.45, 7) is 10.3. The number of aliphatic hydroxyl groups excluding tert-OH is 1. The van der Waals surface area contributed by atoms with Crippen molar-refractivity contribution < 1.29 is 15.0 Å². The number of pyridine rings is 1. The minimum absolute atomic E-state index is 0.118. The molecule has 0 aliphatic carbocycles. The van der Waals surface area contributed by atoms with Gasteiger partial charge in [0.1, 0.15) is 5.75 Å². The summed E-state index contributed by atoms with van der Waals surface area (Å²) in [7, 11) is 0. The van der Waals surface area contributed by atoms with Gasteiger partial charge in [-0.15, -0.1) is 0 Å². The first-order valence-electron chi connectivity index (χ1n) is 10.6. The number of aromatic hydroxyl groups is 1. The van der Waals surface area contributed by atoms with Gasteiger partial charge < -0.3 is 15.1 Å². The van der Waals surface area contributed by atoms with Crippen LogP contribution in [0, 0.1) is 18.3 Å². The number of carbonyl (C=O) groups is 1. The van der Waals surface area contributed by atoms with E-state index < -0.39 is 0 Å². The van der Waals surface area contributed by atoms with Crippen molar-refractivity contribution in [1.29, 1.82) is 0 Å². The van der Waals surface area contributed by atoms with Gasteiger partial charge in [-0.1, -0.05) is 13.8 Å². The molecule has 0 saturated carbocycles. The third-order valence-corrected chi connectivity index (χ3v) is 6.45. The Morgan fingerprint density at radius 1 is 1.29 bits per heavy atom. The maximum absolute atomic E-state index is 12.4. The zero-order valence-electron chi connectivity index (χ0n) is 17.6. The molecule has 0 radical (unpaired) electrons. The zero-order chi connectivity index (χ0) is 20.3. The Morgan fingerprint density at radius 3 is 2.79 bits per heavy atom. The quantitative estimate of drug-likeness (QED) is 0.782. The van der Waals surface area contributed by atoms with E-state index in [-0.39, 0.29) is 17.8 Å². The van der Waals surface area contributed by atoms with Crippen molar-refractivity contribution in [1.82, 2.24) is 14.8 Å². The lowest BCUT2D eigenvalue weighted by molar-refractivity contribution is -0.139. The molecule has 0 unspecified atom stereocenters. The molecule has 3 rings (SSSR count). The number of rotatable bonds is 6. The summed E-state index contributed by atoms with van der Waals surface area (Å²) in [4.78, 5) is 21.0. The van der Waals surface area contributed by atoms with E-state index >= 15 is 0 Å². The Bertz CT molecular complexity index is 707. The molecule has 2 aliphatic rings. The second-order valence-electron chi connectivity index (χ2n) is 9.17. The van der Waals surface area contributed by atoms with Gasteiger partial charge in [0, 0.05) is 55.3 Å². The summed E-state index contributed by atoms with van der Waals surface area (Å²) in [5.41, 5.74) is 2.23. The van der Waals surface area contributed by atoms with Gasteiger partial charge in [-0.2, -0.15) is 0 Å². The normalized spacial score (nSPS) is 23.8. The highest BCUT2D eigenvalue weighted by molar-refractivity contribution is 5.77. The molecule has 2 aliphatic heterocycles. The van der Waals surface area contributed by atoms with E-state index in [1.165, 1.54) is 0 Å². The molecule has 2 N–H and O–H groups in total. The van der Waals surface area contributed by atoms with E-state index in [0.29, 0.717) is 36.0 Å². The summed E-state index contributed by atoms with van der Waals surface area (Å²) < 4.78 is 0. The minimum Gasteiger partial charge on any atom is -0.506 e. The van der Waals surface area contributed by atoms with E-state index in [2.05, 4.69) is 28.6 Å². The molecule has 1 aromatic heterocycles. The third-order valence-electron chi connectivity index (χ3n) is 6.45. The van der Waals surface area contributed by atoms with Crippen LogP contribution in [-0.4, -0.2) is 57.1 Å². The molecule has 6 heteroatoms. The molecule has 2 saturated heterocycles. The van der Waals surface area contributed by atoms with Crippen LogP contribution in [0.3, 0.4) is 0 Å². The van der Waals surface area contributed by atoms with Gasteiger partial charge in [-0.3, -0.25) is 14.7 Å². The molecule has 28 heavy (non-hydrogen) atoms. The van der Waals surface area contributed by atoms with Crippen LogP contribution in [-0.2, 0) is 17.9 Å². The number of hydrogen-bond donors (Lipinski definition) is 2. The molecule has 3 heterocycles. The predicted octanol–water partition coefficient (Wildman–Crippen LogP) is 2.84. The fourth-order valence-corrected chi connectivity index (χ4v) is 4.72. The predicted molar refractivity (Wildman–Crippen MR) is 109 cm³/mol. The van der Waals surface area contributed by atoms with Crippen LogP contribution in [0.15, 0.2) is 6.20 Å². The largest absolute Gasteiger partial charge is 0.506 e. The first kappa shape index (κ1) is 21.1. The van der Waals surface area contributed by atoms with Crippen LogP contribution >= 0.6 is 0 Å². The van der Waals surface area contributed by atoms with Crippen molar-refractivity contribution in [3.63, 3.8) is 0 Å². The summed E-state index contributed by atoms with van der Waals surface area (Å²) in [5, 5.41) is 20.1. The first-order valence-corrected chi connectivity index (χ1v) is 10.6. The van der Waals surface area contributed by atoms with Gasteiger partial charge in [-0.05, 0) is 45.1 Å². The average molecular weight is 390 g/mol. The third kappa shape index (κ3) is 4.66. The van der Waals surface area contributed by atoms with Crippen molar-refractivity contribution in [2.75, 3.05) is 26.2 Å². The molecule has 6 nitrogen and oxygen atoms in total. The molecule has 0 bridgehead atoms. The maximum atomic E-state index is 12.4. The summed E-state index contributed by atoms with van der Waals surface area (Å²) in [5.74, 6) is 1.10. The number of amides is 1. The second kappa shape index (κ2) is 8.78. The van der Waals surface area contributed by atoms with Gasteiger partial charge in [-0.25, -0.2) is 0 Å². The Labute approximate surface area is 168 Å². The monoisotopic (exact) mass is 389 g/mol. The van der Waals surface area contributed by atoms with Crippen LogP contribution < -0.4 is 0 Å². The topological polar surface area (TPSA) is 76.9 Å². The van der Waals surface area contributed by atoms with Crippen LogP contribution in [0.2, 0.25) is 0 Å². The summed E-state index contributed by atoms with van der Waals surface area (Å²) >= 11 is 0. The molecular formula is C22H35N3O3. The van der Waals surface area contributed by atoms with Crippen molar-refractivity contribution in [2.45, 2.75) is 66.0 Å². The first-order chi connectivity index (χ1) is 13.3. The number of piperidine rings is 2. The van der Waals surface area contributed by atoms with Crippen molar-refractivity contribution in [3.05, 3.63) is 23.0 Å². The molecule has 2 fully saturated rings. The standard InChI is InChI=1S/C22H35N3O3/c1-16(2)6-10-25-15-22(8-5-20(25)27)7-4-9-24(14-22)12-19-18(13-26)11-23-17(3)21(19)28/h11,16,26,28H,4-10,12-15H2,1-3H3/t22-/m0/s1. The number of aliphatic hydroxyl groups is 1. The SMILES string of the molecule is Cc1ncc(CO)c(CN2CCC[C@]3(CCC(=O)N(CCC(C)C)C3)C2)c1O. The Kier molecular flexibility index (Phi) is 6.61. The van der Waals surface area contributed by atoms with E-state index in [1.54, 1.807) is 13.1 Å². The second-order valence-corrected chi connectivity index (χ2v) is 9.17. The van der Waals surface area contributed by atoms with Crippen LogP contribution in [0.4, 0.5) is 0 Å². The van der Waals surface area contributed by atoms with Crippen molar-refractivity contribution >= 4 is 5.91 Å². The van der Waals surface area contributed by atoms with Crippen molar-refractivity contribution in [3.8, 4) is 5.75 Å². The molecule has 1 spiro atoms. The van der Waals surface area contributed by atoms with Gasteiger partial charge in [0.2, 0.25) is 5.91 Å². The molecule has 1 aromatic rings. The highest BCUT2D eigenvalue weighted by Gasteiger charge is 2.41. The average Bonchev–Trinajstić information content (AvgIpc) is 2.67. The van der Waals surface area contributed by atoms with Gasteiger partial charge in [0.05, 0.1) is 12.3 Å². The lowest BCUT2D eigenvalue weighted by atomic mass is 9.73. The van der Waals surface area contributed by atoms with Crippen LogP contribution in [0.5, 0.6) is 5.75 Å². The number of aromatic nitrogens is 1. The summed E-state index contributed by atoms with van der Waals surface area (Å²) in [6.07, 6.45) is 6.57. The molecule has 156 valence electrons. The lowest BCUT2D eigenvalue weighted by Gasteiger charge is -2.48. The molecule has 1 amide bonds. The van der Waals surface area contributed by atoms with Gasteiger partial charge in [0.25, 0.3) is 0 Å². The van der Waals surface area contributed by atoms with E-state index in [4.69, 9.17) is 0 Å². The minimum atomic E-state index is -0.118. The van der Waals surface area contributed by atoms with Crippen molar-refractivity contribution in [2.24, 2.45) is 11.3 Å². The Balaban J connectivity index is 1.72. The number of hydrogen-bond acceptors (Lipinski definition) is 5. The van der Waals surface area contributed by atoms with Crippen LogP contribution in [0.1, 0.15) is 62.8 Å². The Morgan fingerprint density at radius 2 is 2.07 bits per heavy atom. The van der Waals surface area contributed by atoms with E-state index in [0.717, 1.165) is 57.4 Å². The van der Waals surface area contributed by atoms with E-state index in [1.807, 2.05) is 0 Å². The fourth-order valence-electron chi connectivity index (χ4n) is 4.72. The molecular weight excluding hydrogens is 354 g/mol. The molecule has 0 aromatic carbocycles. The van der Waals surface area contributed by atoms with E-state index in [9.17, 15) is 15.0 Å². The van der Waals surface area contributed by atoms with Crippen LogP contribution in [0.25, 0.3) is 0 Å². The highest BCUT2D eigenvalue weighted by Crippen LogP contribution is 2.40. The maximum Gasteiger partial charge on any atom is 0.222 e. The number of carbonyl (C=O) groups excluding carboxylic acids is 1. The summed E-state index contributed by atoms with van der Waals surface area (Å²) in [6, 6.07) is 0.